The van der Waals surface area contributed by atoms with Crippen LogP contribution in [0, 0.1) is 19.7 Å². The second kappa shape index (κ2) is 4.53. The SMILES string of the molecule is Cc1cc(C(=O)Cc2cc(F)ccc2C)co1. The first kappa shape index (κ1) is 11.6. The van der Waals surface area contributed by atoms with Crippen molar-refractivity contribution >= 4 is 5.78 Å². The lowest BCUT2D eigenvalue weighted by atomic mass is 10.0. The fourth-order valence-electron chi connectivity index (χ4n) is 1.70. The van der Waals surface area contributed by atoms with Crippen molar-refractivity contribution in [3.05, 3.63) is 58.8 Å². The van der Waals surface area contributed by atoms with E-state index < -0.39 is 0 Å². The third-order valence-corrected chi connectivity index (χ3v) is 2.71. The van der Waals surface area contributed by atoms with Gasteiger partial charge < -0.3 is 4.42 Å². The standard InChI is InChI=1S/C14H13FO2/c1-9-3-4-13(15)6-11(9)7-14(16)12-5-10(2)17-8-12/h3-6,8H,7H2,1-2H3. The van der Waals surface area contributed by atoms with Gasteiger partial charge in [0, 0.05) is 6.42 Å². The molecule has 0 unspecified atom stereocenters. The average Bonchev–Trinajstić information content (AvgIpc) is 2.70. The second-order valence-electron chi connectivity index (χ2n) is 4.12. The molecule has 0 fully saturated rings. The highest BCUT2D eigenvalue weighted by Gasteiger charge is 2.11. The molecule has 2 nitrogen and oxygen atoms in total. The van der Waals surface area contributed by atoms with Gasteiger partial charge in [-0.25, -0.2) is 4.39 Å². The molecule has 0 atom stereocenters. The van der Waals surface area contributed by atoms with Gasteiger partial charge in [0.05, 0.1) is 5.56 Å². The topological polar surface area (TPSA) is 30.2 Å². The Balaban J connectivity index is 2.21. The Kier molecular flexibility index (Phi) is 3.09. The van der Waals surface area contributed by atoms with Crippen molar-refractivity contribution < 1.29 is 13.6 Å². The summed E-state index contributed by atoms with van der Waals surface area (Å²) in [7, 11) is 0. The van der Waals surface area contributed by atoms with Crippen molar-refractivity contribution in [2.75, 3.05) is 0 Å². The van der Waals surface area contributed by atoms with Gasteiger partial charge in [-0.3, -0.25) is 4.79 Å². The summed E-state index contributed by atoms with van der Waals surface area (Å²) >= 11 is 0. The molecule has 3 heteroatoms. The van der Waals surface area contributed by atoms with E-state index in [9.17, 15) is 9.18 Å². The Labute approximate surface area is 99.1 Å². The van der Waals surface area contributed by atoms with E-state index >= 15 is 0 Å². The molecular formula is C14H13FO2. The summed E-state index contributed by atoms with van der Waals surface area (Å²) in [5.74, 6) is 0.321. The minimum atomic E-state index is -0.318. The van der Waals surface area contributed by atoms with Gasteiger partial charge in [-0.05, 0) is 43.2 Å². The minimum Gasteiger partial charge on any atom is -0.469 e. The number of ketones is 1. The Morgan fingerprint density at radius 3 is 2.71 bits per heavy atom. The van der Waals surface area contributed by atoms with Crippen LogP contribution >= 0.6 is 0 Å². The molecule has 2 aromatic rings. The molecule has 0 radical (unpaired) electrons. The van der Waals surface area contributed by atoms with Crippen LogP contribution in [0.1, 0.15) is 27.2 Å². The predicted molar refractivity (Wildman–Crippen MR) is 62.6 cm³/mol. The largest absolute Gasteiger partial charge is 0.469 e. The summed E-state index contributed by atoms with van der Waals surface area (Å²) in [4.78, 5) is 11.9. The molecule has 88 valence electrons. The van der Waals surface area contributed by atoms with Gasteiger partial charge in [-0.2, -0.15) is 0 Å². The zero-order chi connectivity index (χ0) is 12.4. The number of Topliss-reactive ketones (excluding diaryl/α,β-unsaturated/α-hetero) is 1. The number of aryl methyl sites for hydroxylation is 2. The molecule has 0 saturated heterocycles. The van der Waals surface area contributed by atoms with Crippen molar-refractivity contribution in [2.45, 2.75) is 20.3 Å². The molecule has 1 aromatic heterocycles. The number of carbonyl (C=O) groups is 1. The highest BCUT2D eigenvalue weighted by Crippen LogP contribution is 2.15. The van der Waals surface area contributed by atoms with Gasteiger partial charge >= 0.3 is 0 Å². The first-order valence-corrected chi connectivity index (χ1v) is 5.39. The fourth-order valence-corrected chi connectivity index (χ4v) is 1.70. The fraction of sp³-hybridized carbons (Fsp3) is 0.214. The maximum Gasteiger partial charge on any atom is 0.170 e. The van der Waals surface area contributed by atoms with Gasteiger partial charge in [0.25, 0.3) is 0 Å². The summed E-state index contributed by atoms with van der Waals surface area (Å²) in [5.41, 5.74) is 2.17. The Morgan fingerprint density at radius 1 is 1.29 bits per heavy atom. The minimum absolute atomic E-state index is 0.0597. The lowest BCUT2D eigenvalue weighted by Gasteiger charge is -2.04. The quantitative estimate of drug-likeness (QED) is 0.758. The van der Waals surface area contributed by atoms with Crippen LogP contribution in [-0.2, 0) is 6.42 Å². The number of hydrogen-bond donors (Lipinski definition) is 0. The van der Waals surface area contributed by atoms with Crippen LogP contribution in [0.4, 0.5) is 4.39 Å². The van der Waals surface area contributed by atoms with Crippen LogP contribution in [-0.4, -0.2) is 5.78 Å². The molecule has 0 aliphatic rings. The third kappa shape index (κ3) is 2.61. The van der Waals surface area contributed by atoms with Crippen molar-refractivity contribution in [2.24, 2.45) is 0 Å². The third-order valence-electron chi connectivity index (χ3n) is 2.71. The maximum absolute atomic E-state index is 13.1. The van der Waals surface area contributed by atoms with E-state index in [2.05, 4.69) is 0 Å². The van der Waals surface area contributed by atoms with Crippen LogP contribution in [0.2, 0.25) is 0 Å². The molecule has 1 aromatic carbocycles. The van der Waals surface area contributed by atoms with Gasteiger partial charge in [0.2, 0.25) is 0 Å². The lowest BCUT2D eigenvalue weighted by Crippen LogP contribution is -2.04. The number of benzene rings is 1. The summed E-state index contributed by atoms with van der Waals surface area (Å²) in [6.07, 6.45) is 1.63. The normalized spacial score (nSPS) is 10.5. The molecule has 0 amide bonds. The molecule has 0 bridgehead atoms. The maximum atomic E-state index is 13.1. The van der Waals surface area contributed by atoms with Crippen molar-refractivity contribution in [3.63, 3.8) is 0 Å². The van der Waals surface area contributed by atoms with Gasteiger partial charge in [-0.1, -0.05) is 6.07 Å². The molecule has 0 N–H and O–H groups in total. The summed E-state index contributed by atoms with van der Waals surface area (Å²) in [5, 5.41) is 0. The van der Waals surface area contributed by atoms with Gasteiger partial charge in [-0.15, -0.1) is 0 Å². The van der Waals surface area contributed by atoms with E-state index in [-0.39, 0.29) is 18.0 Å². The number of furan rings is 1. The Hall–Kier alpha value is -1.90. The number of hydrogen-bond acceptors (Lipinski definition) is 2. The Morgan fingerprint density at radius 2 is 2.06 bits per heavy atom. The molecule has 0 saturated carbocycles. The van der Waals surface area contributed by atoms with E-state index in [1.165, 1.54) is 18.4 Å². The molecule has 2 rings (SSSR count). The van der Waals surface area contributed by atoms with Crippen LogP contribution in [0.25, 0.3) is 0 Å². The molecule has 0 aliphatic carbocycles. The summed E-state index contributed by atoms with van der Waals surface area (Å²) in [6, 6.07) is 6.17. The molecule has 0 aliphatic heterocycles. The molecule has 1 heterocycles. The van der Waals surface area contributed by atoms with Gasteiger partial charge in [0.1, 0.15) is 17.8 Å². The van der Waals surface area contributed by atoms with Crippen molar-refractivity contribution in [3.8, 4) is 0 Å². The van der Waals surface area contributed by atoms with Crippen LogP contribution in [0.15, 0.2) is 34.9 Å². The summed E-state index contributed by atoms with van der Waals surface area (Å²) in [6.45, 7) is 3.65. The number of rotatable bonds is 3. The molecule has 0 spiro atoms. The number of carbonyl (C=O) groups excluding carboxylic acids is 1. The van der Waals surface area contributed by atoms with E-state index in [1.807, 2.05) is 6.92 Å². The van der Waals surface area contributed by atoms with Crippen molar-refractivity contribution in [1.82, 2.24) is 0 Å². The zero-order valence-electron chi connectivity index (χ0n) is 9.79. The Bertz CT molecular complexity index is 555. The lowest BCUT2D eigenvalue weighted by molar-refractivity contribution is 0.0992. The zero-order valence-corrected chi connectivity index (χ0v) is 9.79. The van der Waals surface area contributed by atoms with E-state index in [0.29, 0.717) is 16.9 Å². The van der Waals surface area contributed by atoms with Crippen LogP contribution in [0.3, 0.4) is 0 Å². The van der Waals surface area contributed by atoms with E-state index in [4.69, 9.17) is 4.42 Å². The van der Waals surface area contributed by atoms with E-state index in [1.54, 1.807) is 19.1 Å². The monoisotopic (exact) mass is 232 g/mol. The van der Waals surface area contributed by atoms with Gasteiger partial charge in [0.15, 0.2) is 5.78 Å². The average molecular weight is 232 g/mol. The van der Waals surface area contributed by atoms with Crippen LogP contribution in [0.5, 0.6) is 0 Å². The predicted octanol–water partition coefficient (Wildman–Crippen LogP) is 3.46. The highest BCUT2D eigenvalue weighted by atomic mass is 19.1. The summed E-state index contributed by atoms with van der Waals surface area (Å²) < 4.78 is 18.2. The molecular weight excluding hydrogens is 219 g/mol. The first-order valence-electron chi connectivity index (χ1n) is 5.39. The first-order chi connectivity index (χ1) is 8.06. The second-order valence-corrected chi connectivity index (χ2v) is 4.12. The highest BCUT2D eigenvalue weighted by molar-refractivity contribution is 5.97. The van der Waals surface area contributed by atoms with E-state index in [0.717, 1.165) is 5.56 Å². The van der Waals surface area contributed by atoms with Crippen molar-refractivity contribution in [1.29, 1.82) is 0 Å². The molecule has 17 heavy (non-hydrogen) atoms. The number of halogens is 1. The smallest absolute Gasteiger partial charge is 0.170 e. The van der Waals surface area contributed by atoms with Crippen LogP contribution < -0.4 is 0 Å².